The number of rotatable bonds is 3. The van der Waals surface area contributed by atoms with E-state index in [0.717, 1.165) is 29.5 Å². The zero-order valence-electron chi connectivity index (χ0n) is 10.1. The van der Waals surface area contributed by atoms with Crippen LogP contribution in [0.2, 0.25) is 0 Å². The molecule has 0 spiro atoms. The number of methoxy groups -OCH3 is 1. The molecule has 1 aromatic rings. The number of halogens is 1. The predicted molar refractivity (Wildman–Crippen MR) is 74.3 cm³/mol. The summed E-state index contributed by atoms with van der Waals surface area (Å²) < 4.78 is 6.48. The molecule has 1 unspecified atom stereocenters. The van der Waals surface area contributed by atoms with Crippen LogP contribution < -0.4 is 10.5 Å². The van der Waals surface area contributed by atoms with Gasteiger partial charge in [-0.3, -0.25) is 0 Å². The Morgan fingerprint density at radius 1 is 1.47 bits per heavy atom. The highest BCUT2D eigenvalue weighted by Crippen LogP contribution is 2.28. The van der Waals surface area contributed by atoms with Crippen molar-refractivity contribution in [2.45, 2.75) is 31.7 Å². The number of hydrogen-bond donors (Lipinski definition) is 1. The molecule has 0 aromatic heterocycles. The molecule has 92 valence electrons. The largest absolute Gasteiger partial charge is 0.496 e. The second-order valence-corrected chi connectivity index (χ2v) is 5.43. The fraction of sp³-hybridized carbons (Fsp3) is 0.429. The molecule has 0 radical (unpaired) electrons. The molecule has 1 atom stereocenters. The molecule has 1 aliphatic rings. The van der Waals surface area contributed by atoms with Crippen molar-refractivity contribution in [2.24, 2.45) is 5.73 Å². The molecule has 0 amide bonds. The van der Waals surface area contributed by atoms with Gasteiger partial charge in [-0.1, -0.05) is 27.6 Å². The van der Waals surface area contributed by atoms with Crippen molar-refractivity contribution in [3.63, 3.8) is 0 Å². The fourth-order valence-electron chi connectivity index (χ4n) is 2.31. The molecule has 17 heavy (non-hydrogen) atoms. The molecule has 0 bridgehead atoms. The average Bonchev–Trinajstić information content (AvgIpc) is 2.29. The first-order chi connectivity index (χ1) is 8.19. The van der Waals surface area contributed by atoms with Crippen LogP contribution in [-0.2, 0) is 6.42 Å². The third kappa shape index (κ3) is 3.33. The van der Waals surface area contributed by atoms with Gasteiger partial charge >= 0.3 is 0 Å². The van der Waals surface area contributed by atoms with Crippen LogP contribution in [-0.4, -0.2) is 13.2 Å². The Kier molecular flexibility index (Phi) is 4.24. The van der Waals surface area contributed by atoms with E-state index in [1.54, 1.807) is 7.11 Å². The summed E-state index contributed by atoms with van der Waals surface area (Å²) in [5, 5.41) is 0. The first-order valence-electron chi connectivity index (χ1n) is 5.96. The highest BCUT2D eigenvalue weighted by Gasteiger charge is 2.12. The van der Waals surface area contributed by atoms with Crippen LogP contribution in [0.5, 0.6) is 5.75 Å². The first-order valence-corrected chi connectivity index (χ1v) is 6.76. The molecule has 0 saturated heterocycles. The molecule has 0 aliphatic heterocycles. The van der Waals surface area contributed by atoms with Gasteiger partial charge in [0.2, 0.25) is 0 Å². The molecule has 3 heteroatoms. The van der Waals surface area contributed by atoms with Crippen LogP contribution >= 0.6 is 15.9 Å². The Morgan fingerprint density at radius 3 is 3.00 bits per heavy atom. The van der Waals surface area contributed by atoms with Gasteiger partial charge in [-0.25, -0.2) is 0 Å². The lowest BCUT2D eigenvalue weighted by Crippen LogP contribution is -2.20. The lowest BCUT2D eigenvalue weighted by molar-refractivity contribution is 0.410. The minimum Gasteiger partial charge on any atom is -0.496 e. The van der Waals surface area contributed by atoms with E-state index in [2.05, 4.69) is 28.1 Å². The van der Waals surface area contributed by atoms with Crippen molar-refractivity contribution in [1.82, 2.24) is 0 Å². The highest BCUT2D eigenvalue weighted by molar-refractivity contribution is 9.10. The quantitative estimate of drug-likeness (QED) is 0.867. The van der Waals surface area contributed by atoms with Crippen LogP contribution in [0.25, 0.3) is 0 Å². The normalized spacial score (nSPS) is 19.9. The summed E-state index contributed by atoms with van der Waals surface area (Å²) in [6, 6.07) is 6.36. The molecule has 2 rings (SSSR count). The molecule has 0 fully saturated rings. The lowest BCUT2D eigenvalue weighted by Gasteiger charge is -2.18. The van der Waals surface area contributed by atoms with Gasteiger partial charge in [0.25, 0.3) is 0 Å². The minimum atomic E-state index is 0.233. The average molecular weight is 296 g/mol. The van der Waals surface area contributed by atoms with Crippen molar-refractivity contribution >= 4 is 15.9 Å². The summed E-state index contributed by atoms with van der Waals surface area (Å²) in [7, 11) is 1.72. The molecular weight excluding hydrogens is 278 g/mol. The van der Waals surface area contributed by atoms with Crippen LogP contribution in [0.1, 0.15) is 24.8 Å². The summed E-state index contributed by atoms with van der Waals surface area (Å²) in [5.41, 5.74) is 8.62. The standard InChI is InChI=1S/C14H18BrNO/c1-17-14-6-5-12(15)9-11(14)7-10-3-2-4-13(16)8-10/h5-6,8-9,13H,2-4,7,16H2,1H3. The highest BCUT2D eigenvalue weighted by atomic mass is 79.9. The van der Waals surface area contributed by atoms with Gasteiger partial charge in [-0.05, 0) is 49.4 Å². The van der Waals surface area contributed by atoms with Crippen LogP contribution in [0.4, 0.5) is 0 Å². The first kappa shape index (κ1) is 12.7. The number of hydrogen-bond acceptors (Lipinski definition) is 2. The van der Waals surface area contributed by atoms with Gasteiger partial charge in [-0.2, -0.15) is 0 Å². The Hall–Kier alpha value is -0.800. The maximum atomic E-state index is 5.96. The number of nitrogens with two attached hydrogens (primary N) is 1. The van der Waals surface area contributed by atoms with E-state index >= 15 is 0 Å². The van der Waals surface area contributed by atoms with E-state index in [1.807, 2.05) is 12.1 Å². The zero-order chi connectivity index (χ0) is 12.3. The third-order valence-corrected chi connectivity index (χ3v) is 3.64. The Morgan fingerprint density at radius 2 is 2.29 bits per heavy atom. The molecule has 0 saturated carbocycles. The van der Waals surface area contributed by atoms with Crippen LogP contribution in [0.3, 0.4) is 0 Å². The van der Waals surface area contributed by atoms with E-state index in [0.29, 0.717) is 0 Å². The summed E-state index contributed by atoms with van der Waals surface area (Å²) in [6.45, 7) is 0. The predicted octanol–water partition coefficient (Wildman–Crippen LogP) is 3.44. The van der Waals surface area contributed by atoms with E-state index in [4.69, 9.17) is 10.5 Å². The zero-order valence-corrected chi connectivity index (χ0v) is 11.7. The minimum absolute atomic E-state index is 0.233. The van der Waals surface area contributed by atoms with Crippen molar-refractivity contribution < 1.29 is 4.74 Å². The summed E-state index contributed by atoms with van der Waals surface area (Å²) in [4.78, 5) is 0. The Labute approximate surface area is 111 Å². The van der Waals surface area contributed by atoms with Crippen LogP contribution in [0.15, 0.2) is 34.3 Å². The molecule has 1 aromatic carbocycles. The van der Waals surface area contributed by atoms with Crippen molar-refractivity contribution in [3.05, 3.63) is 39.9 Å². The van der Waals surface area contributed by atoms with Gasteiger partial charge in [0, 0.05) is 10.5 Å². The fourth-order valence-corrected chi connectivity index (χ4v) is 2.72. The molecule has 0 heterocycles. The van der Waals surface area contributed by atoms with Gasteiger partial charge in [0.1, 0.15) is 5.75 Å². The van der Waals surface area contributed by atoms with Crippen LogP contribution in [0, 0.1) is 0 Å². The third-order valence-electron chi connectivity index (χ3n) is 3.15. The van der Waals surface area contributed by atoms with E-state index in [1.165, 1.54) is 17.6 Å². The molecular formula is C14H18BrNO. The second-order valence-electron chi connectivity index (χ2n) is 4.51. The molecule has 2 nitrogen and oxygen atoms in total. The molecule has 2 N–H and O–H groups in total. The maximum Gasteiger partial charge on any atom is 0.122 e. The van der Waals surface area contributed by atoms with E-state index < -0.39 is 0 Å². The monoisotopic (exact) mass is 295 g/mol. The van der Waals surface area contributed by atoms with Gasteiger partial charge in [0.05, 0.1) is 7.11 Å². The smallest absolute Gasteiger partial charge is 0.122 e. The van der Waals surface area contributed by atoms with Gasteiger partial charge in [-0.15, -0.1) is 0 Å². The summed E-state index contributed by atoms with van der Waals surface area (Å²) in [5.74, 6) is 0.952. The van der Waals surface area contributed by atoms with E-state index in [9.17, 15) is 0 Å². The van der Waals surface area contributed by atoms with Gasteiger partial charge < -0.3 is 10.5 Å². The topological polar surface area (TPSA) is 35.2 Å². The van der Waals surface area contributed by atoms with Crippen molar-refractivity contribution in [3.8, 4) is 5.75 Å². The number of allylic oxidation sites excluding steroid dienone is 1. The number of benzene rings is 1. The Bertz CT molecular complexity index is 428. The van der Waals surface area contributed by atoms with E-state index in [-0.39, 0.29) is 6.04 Å². The maximum absolute atomic E-state index is 5.96. The number of ether oxygens (including phenoxy) is 1. The Balaban J connectivity index is 2.20. The van der Waals surface area contributed by atoms with Crippen molar-refractivity contribution in [1.29, 1.82) is 0 Å². The van der Waals surface area contributed by atoms with Crippen molar-refractivity contribution in [2.75, 3.05) is 7.11 Å². The summed E-state index contributed by atoms with van der Waals surface area (Å²) in [6.07, 6.45) is 6.62. The summed E-state index contributed by atoms with van der Waals surface area (Å²) >= 11 is 3.50. The second kappa shape index (κ2) is 5.69. The van der Waals surface area contributed by atoms with Gasteiger partial charge in [0.15, 0.2) is 0 Å². The lowest BCUT2D eigenvalue weighted by atomic mass is 9.91. The molecule has 1 aliphatic carbocycles. The SMILES string of the molecule is COc1ccc(Br)cc1CC1=CC(N)CCC1.